The SMILES string of the molecule is NCCC1(c2ccccc2)OCCC(CC(=O)O)O1. The lowest BCUT2D eigenvalue weighted by Gasteiger charge is -2.41. The summed E-state index contributed by atoms with van der Waals surface area (Å²) in [4.78, 5) is 10.8. The van der Waals surface area contributed by atoms with Crippen molar-refractivity contribution in [2.75, 3.05) is 13.2 Å². The molecule has 1 fully saturated rings. The largest absolute Gasteiger partial charge is 0.481 e. The summed E-state index contributed by atoms with van der Waals surface area (Å²) in [5, 5.41) is 8.89. The van der Waals surface area contributed by atoms with Gasteiger partial charge in [-0.1, -0.05) is 30.3 Å². The fourth-order valence-corrected chi connectivity index (χ4v) is 2.36. The van der Waals surface area contributed by atoms with Crippen LogP contribution in [0.3, 0.4) is 0 Å². The lowest BCUT2D eigenvalue weighted by molar-refractivity contribution is -0.305. The highest BCUT2D eigenvalue weighted by Gasteiger charge is 2.40. The summed E-state index contributed by atoms with van der Waals surface area (Å²) in [6.45, 7) is 0.890. The van der Waals surface area contributed by atoms with Gasteiger partial charge in [0.15, 0.2) is 5.79 Å². The zero-order chi connectivity index (χ0) is 13.7. The van der Waals surface area contributed by atoms with Gasteiger partial charge in [-0.25, -0.2) is 0 Å². The number of benzene rings is 1. The van der Waals surface area contributed by atoms with Gasteiger partial charge in [0.2, 0.25) is 0 Å². The summed E-state index contributed by atoms with van der Waals surface area (Å²) in [5.41, 5.74) is 6.54. The molecule has 3 N–H and O–H groups in total. The zero-order valence-electron chi connectivity index (χ0n) is 10.7. The fourth-order valence-electron chi connectivity index (χ4n) is 2.36. The standard InChI is InChI=1S/C14H19NO4/c15-8-7-14(11-4-2-1-3-5-11)18-9-6-12(19-14)10-13(16)17/h1-5,12H,6-10,15H2,(H,16,17). The molecule has 1 aromatic rings. The number of rotatable bonds is 5. The Balaban J connectivity index is 2.21. The van der Waals surface area contributed by atoms with E-state index < -0.39 is 11.8 Å². The highest BCUT2D eigenvalue weighted by atomic mass is 16.7. The zero-order valence-corrected chi connectivity index (χ0v) is 10.7. The van der Waals surface area contributed by atoms with Crippen LogP contribution in [0.4, 0.5) is 0 Å². The third-order valence-corrected chi connectivity index (χ3v) is 3.22. The van der Waals surface area contributed by atoms with E-state index in [9.17, 15) is 4.79 Å². The molecule has 5 heteroatoms. The molecule has 5 nitrogen and oxygen atoms in total. The summed E-state index contributed by atoms with van der Waals surface area (Å²) in [6, 6.07) is 9.55. The molecule has 0 saturated carbocycles. The fraction of sp³-hybridized carbons (Fsp3) is 0.500. The molecule has 2 rings (SSSR count). The summed E-state index contributed by atoms with van der Waals surface area (Å²) in [7, 11) is 0. The minimum Gasteiger partial charge on any atom is -0.481 e. The molecule has 2 unspecified atom stereocenters. The molecule has 2 atom stereocenters. The van der Waals surface area contributed by atoms with Gasteiger partial charge in [-0.2, -0.15) is 0 Å². The Labute approximate surface area is 112 Å². The molecular formula is C14H19NO4. The predicted octanol–water partition coefficient (Wildman–Crippen LogP) is 1.47. The van der Waals surface area contributed by atoms with Crippen LogP contribution in [-0.2, 0) is 20.1 Å². The number of hydrogen-bond donors (Lipinski definition) is 2. The minimum atomic E-state index is -0.908. The normalized spacial score (nSPS) is 27.1. The van der Waals surface area contributed by atoms with E-state index in [1.54, 1.807) is 0 Å². The third kappa shape index (κ3) is 3.32. The maximum atomic E-state index is 10.8. The van der Waals surface area contributed by atoms with Crippen LogP contribution >= 0.6 is 0 Å². The summed E-state index contributed by atoms with van der Waals surface area (Å²) < 4.78 is 11.7. The quantitative estimate of drug-likeness (QED) is 0.842. The molecule has 0 radical (unpaired) electrons. The Bertz CT molecular complexity index is 419. The first-order chi connectivity index (χ1) is 9.16. The first-order valence-corrected chi connectivity index (χ1v) is 6.45. The van der Waals surface area contributed by atoms with Crippen LogP contribution < -0.4 is 5.73 Å². The highest BCUT2D eigenvalue weighted by molar-refractivity contribution is 5.67. The molecular weight excluding hydrogens is 246 g/mol. The van der Waals surface area contributed by atoms with Gasteiger partial charge in [0, 0.05) is 12.0 Å². The van der Waals surface area contributed by atoms with Crippen molar-refractivity contribution in [1.82, 2.24) is 0 Å². The van der Waals surface area contributed by atoms with Crippen molar-refractivity contribution >= 4 is 5.97 Å². The van der Waals surface area contributed by atoms with Crippen LogP contribution in [-0.4, -0.2) is 30.3 Å². The summed E-state index contributed by atoms with van der Waals surface area (Å²) >= 11 is 0. The van der Waals surface area contributed by atoms with Crippen molar-refractivity contribution in [1.29, 1.82) is 0 Å². The molecule has 1 heterocycles. The van der Waals surface area contributed by atoms with Gasteiger partial charge >= 0.3 is 5.97 Å². The maximum Gasteiger partial charge on any atom is 0.305 e. The second-order valence-corrected chi connectivity index (χ2v) is 4.63. The van der Waals surface area contributed by atoms with Crippen molar-refractivity contribution < 1.29 is 19.4 Å². The van der Waals surface area contributed by atoms with E-state index in [0.29, 0.717) is 26.0 Å². The molecule has 0 aromatic heterocycles. The van der Waals surface area contributed by atoms with Crippen LogP contribution in [0.15, 0.2) is 30.3 Å². The Morgan fingerprint density at radius 2 is 2.16 bits per heavy atom. The maximum absolute atomic E-state index is 10.8. The minimum absolute atomic E-state index is 0.0114. The van der Waals surface area contributed by atoms with E-state index in [4.69, 9.17) is 20.3 Å². The van der Waals surface area contributed by atoms with Crippen LogP contribution in [0.5, 0.6) is 0 Å². The Hall–Kier alpha value is -1.43. The number of nitrogens with two attached hydrogens (primary N) is 1. The molecule has 1 saturated heterocycles. The Morgan fingerprint density at radius 3 is 2.79 bits per heavy atom. The van der Waals surface area contributed by atoms with Gasteiger partial charge in [0.25, 0.3) is 0 Å². The van der Waals surface area contributed by atoms with Gasteiger partial charge in [0.1, 0.15) is 0 Å². The number of ether oxygens (including phenoxy) is 2. The van der Waals surface area contributed by atoms with Gasteiger partial charge in [0.05, 0.1) is 19.1 Å². The second-order valence-electron chi connectivity index (χ2n) is 4.63. The number of carboxylic acids is 1. The molecule has 104 valence electrons. The van der Waals surface area contributed by atoms with Crippen molar-refractivity contribution in [3.05, 3.63) is 35.9 Å². The van der Waals surface area contributed by atoms with Crippen molar-refractivity contribution in [3.8, 4) is 0 Å². The van der Waals surface area contributed by atoms with Gasteiger partial charge in [-0.05, 0) is 13.0 Å². The van der Waals surface area contributed by atoms with E-state index in [1.807, 2.05) is 30.3 Å². The Kier molecular flexibility index (Phi) is 4.52. The molecule has 0 aliphatic carbocycles. The number of hydrogen-bond acceptors (Lipinski definition) is 4. The van der Waals surface area contributed by atoms with Crippen molar-refractivity contribution in [3.63, 3.8) is 0 Å². The molecule has 1 aromatic carbocycles. The monoisotopic (exact) mass is 265 g/mol. The van der Waals surface area contributed by atoms with Gasteiger partial charge in [-0.3, -0.25) is 4.79 Å². The lowest BCUT2D eigenvalue weighted by Crippen LogP contribution is -2.44. The van der Waals surface area contributed by atoms with E-state index in [-0.39, 0.29) is 12.5 Å². The average Bonchev–Trinajstić information content (AvgIpc) is 2.40. The predicted molar refractivity (Wildman–Crippen MR) is 69.5 cm³/mol. The van der Waals surface area contributed by atoms with E-state index in [1.165, 1.54) is 0 Å². The van der Waals surface area contributed by atoms with Gasteiger partial charge < -0.3 is 20.3 Å². The number of carbonyl (C=O) groups is 1. The van der Waals surface area contributed by atoms with Crippen LogP contribution in [0.2, 0.25) is 0 Å². The average molecular weight is 265 g/mol. The first-order valence-electron chi connectivity index (χ1n) is 6.45. The van der Waals surface area contributed by atoms with Crippen molar-refractivity contribution in [2.24, 2.45) is 5.73 Å². The molecule has 19 heavy (non-hydrogen) atoms. The molecule has 1 aliphatic heterocycles. The number of carboxylic acid groups (broad SMARTS) is 1. The second kappa shape index (κ2) is 6.14. The van der Waals surface area contributed by atoms with E-state index >= 15 is 0 Å². The van der Waals surface area contributed by atoms with E-state index in [2.05, 4.69) is 0 Å². The van der Waals surface area contributed by atoms with Crippen molar-refractivity contribution in [2.45, 2.75) is 31.2 Å². The molecule has 0 amide bonds. The van der Waals surface area contributed by atoms with Gasteiger partial charge in [-0.15, -0.1) is 0 Å². The first kappa shape index (κ1) is 14.0. The molecule has 0 spiro atoms. The molecule has 0 bridgehead atoms. The smallest absolute Gasteiger partial charge is 0.305 e. The van der Waals surface area contributed by atoms with E-state index in [0.717, 1.165) is 5.56 Å². The highest BCUT2D eigenvalue weighted by Crippen LogP contribution is 2.36. The number of aliphatic carboxylic acids is 1. The molecule has 1 aliphatic rings. The summed E-state index contributed by atoms with van der Waals surface area (Å²) in [5.74, 6) is -1.77. The third-order valence-electron chi connectivity index (χ3n) is 3.22. The topological polar surface area (TPSA) is 81.8 Å². The summed E-state index contributed by atoms with van der Waals surface area (Å²) in [6.07, 6.45) is 0.749. The Morgan fingerprint density at radius 1 is 1.42 bits per heavy atom. The van der Waals surface area contributed by atoms with Crippen LogP contribution in [0.25, 0.3) is 0 Å². The van der Waals surface area contributed by atoms with Crippen LogP contribution in [0, 0.1) is 0 Å². The van der Waals surface area contributed by atoms with Crippen LogP contribution in [0.1, 0.15) is 24.8 Å². The lowest BCUT2D eigenvalue weighted by atomic mass is 9.99.